The van der Waals surface area contributed by atoms with Crippen LogP contribution in [0.2, 0.25) is 0 Å². The Morgan fingerprint density at radius 3 is 2.50 bits per heavy atom. The smallest absolute Gasteiger partial charge is 0.373 e. The fraction of sp³-hybridized carbons (Fsp3) is 0.333. The molecule has 2 aromatic rings. The van der Waals surface area contributed by atoms with E-state index in [0.717, 1.165) is 12.5 Å². The highest BCUT2D eigenvalue weighted by atomic mass is 19.4. The van der Waals surface area contributed by atoms with Crippen LogP contribution in [0.25, 0.3) is 10.8 Å². The lowest BCUT2D eigenvalue weighted by molar-refractivity contribution is -0.204. The number of halogens is 3. The van der Waals surface area contributed by atoms with Crippen molar-refractivity contribution in [2.75, 3.05) is 7.11 Å². The van der Waals surface area contributed by atoms with Gasteiger partial charge in [-0.1, -0.05) is 42.5 Å². The molecule has 0 bridgehead atoms. The van der Waals surface area contributed by atoms with E-state index in [1.807, 2.05) is 18.2 Å². The molecule has 2 aromatic carbocycles. The van der Waals surface area contributed by atoms with Crippen LogP contribution in [-0.4, -0.2) is 25.2 Å². The predicted molar refractivity (Wildman–Crippen MR) is 83.2 cm³/mol. The zero-order chi connectivity index (χ0) is 17.7. The molecule has 0 radical (unpaired) electrons. The summed E-state index contributed by atoms with van der Waals surface area (Å²) in [7, 11) is 1.06. The molecule has 0 saturated heterocycles. The Morgan fingerprint density at radius 1 is 1.21 bits per heavy atom. The summed E-state index contributed by atoms with van der Waals surface area (Å²) in [5.41, 5.74) is 0.488. The number of hydrogen-bond donors (Lipinski definition) is 0. The van der Waals surface area contributed by atoms with E-state index >= 15 is 0 Å². The first-order chi connectivity index (χ1) is 11.4. The number of fused-ring (bicyclic) bond motifs is 1. The van der Waals surface area contributed by atoms with Crippen molar-refractivity contribution < 1.29 is 22.7 Å². The van der Waals surface area contributed by atoms with Crippen LogP contribution in [0.1, 0.15) is 12.0 Å². The lowest BCUT2D eigenvalue weighted by Crippen LogP contribution is -2.41. The summed E-state index contributed by atoms with van der Waals surface area (Å²) in [5.74, 6) is -2.86. The number of rotatable bonds is 6. The average molecular weight is 335 g/mol. The van der Waals surface area contributed by atoms with E-state index < -0.39 is 30.4 Å². The molecule has 0 aliphatic rings. The first-order valence-corrected chi connectivity index (χ1v) is 7.34. The quantitative estimate of drug-likeness (QED) is 0.800. The van der Waals surface area contributed by atoms with Crippen LogP contribution in [0.3, 0.4) is 0 Å². The molecule has 0 N–H and O–H groups in total. The van der Waals surface area contributed by atoms with E-state index in [0.29, 0.717) is 10.9 Å². The number of ketones is 1. The highest BCUT2D eigenvalue weighted by molar-refractivity contribution is 5.87. The maximum absolute atomic E-state index is 13.5. The lowest BCUT2D eigenvalue weighted by Gasteiger charge is -2.27. The van der Waals surface area contributed by atoms with Crippen LogP contribution >= 0.6 is 0 Å². The third-order valence-electron chi connectivity index (χ3n) is 3.93. The van der Waals surface area contributed by atoms with Gasteiger partial charge < -0.3 is 4.74 Å². The van der Waals surface area contributed by atoms with Crippen molar-refractivity contribution in [3.05, 3.63) is 48.0 Å². The number of Topliss-reactive ketones (excluding diaryl/α,β-unsaturated/α-hetero) is 1. The summed E-state index contributed by atoms with van der Waals surface area (Å²) < 4.78 is 45.4. The van der Waals surface area contributed by atoms with Gasteiger partial charge in [0, 0.05) is 7.11 Å². The fourth-order valence-corrected chi connectivity index (χ4v) is 2.80. The topological polar surface area (TPSA) is 50.1 Å². The zero-order valence-corrected chi connectivity index (χ0v) is 13.0. The molecule has 2 atom stereocenters. The van der Waals surface area contributed by atoms with Gasteiger partial charge in [-0.15, -0.1) is 0 Å². The zero-order valence-electron chi connectivity index (χ0n) is 13.0. The summed E-state index contributed by atoms with van der Waals surface area (Å²) in [4.78, 5) is 11.9. The monoisotopic (exact) mass is 335 g/mol. The molecule has 0 spiro atoms. The number of ether oxygens (including phenoxy) is 1. The van der Waals surface area contributed by atoms with Gasteiger partial charge >= 0.3 is 6.18 Å². The van der Waals surface area contributed by atoms with Gasteiger partial charge in [0.15, 0.2) is 5.78 Å². The predicted octanol–water partition coefficient (Wildman–Crippen LogP) is 4.06. The molecule has 2 unspecified atom stereocenters. The normalized spacial score (nSPS) is 14.1. The van der Waals surface area contributed by atoms with Crippen molar-refractivity contribution in [3.63, 3.8) is 0 Å². The molecular formula is C18H16F3NO2. The average Bonchev–Trinajstić information content (AvgIpc) is 2.54. The van der Waals surface area contributed by atoms with Gasteiger partial charge in [-0.2, -0.15) is 18.4 Å². The molecule has 0 aromatic heterocycles. The van der Waals surface area contributed by atoms with E-state index in [-0.39, 0.29) is 6.42 Å². The summed E-state index contributed by atoms with van der Waals surface area (Å²) in [5, 5.41) is 10.1. The van der Waals surface area contributed by atoms with Crippen LogP contribution in [0, 0.1) is 17.2 Å². The molecule has 3 nitrogen and oxygen atoms in total. The Kier molecular flexibility index (Phi) is 5.58. The second-order valence-electron chi connectivity index (χ2n) is 5.45. The van der Waals surface area contributed by atoms with Gasteiger partial charge in [0.1, 0.15) is 6.10 Å². The molecule has 24 heavy (non-hydrogen) atoms. The maximum Gasteiger partial charge on any atom is 0.395 e. The van der Waals surface area contributed by atoms with Crippen LogP contribution in [0.5, 0.6) is 0 Å². The highest BCUT2D eigenvalue weighted by Gasteiger charge is 2.47. The standard InChI is InChI=1S/C18H16F3NO2/c1-24-17(16(23)9-10-22)15(18(19,20)21)11-13-7-4-6-12-5-2-3-8-14(12)13/h2-8,15,17H,9,11H2,1H3. The van der Waals surface area contributed by atoms with Gasteiger partial charge in [0.05, 0.1) is 18.4 Å². The van der Waals surface area contributed by atoms with Crippen molar-refractivity contribution in [2.45, 2.75) is 25.1 Å². The maximum atomic E-state index is 13.5. The van der Waals surface area contributed by atoms with Gasteiger partial charge in [-0.3, -0.25) is 4.79 Å². The number of hydrogen-bond acceptors (Lipinski definition) is 3. The second-order valence-corrected chi connectivity index (χ2v) is 5.45. The summed E-state index contributed by atoms with van der Waals surface area (Å²) in [6.07, 6.45) is -7.31. The molecule has 2 rings (SSSR count). The second kappa shape index (κ2) is 7.45. The molecule has 126 valence electrons. The molecule has 0 amide bonds. The number of nitriles is 1. The number of methoxy groups -OCH3 is 1. The number of carbonyl (C=O) groups is 1. The van der Waals surface area contributed by atoms with E-state index in [4.69, 9.17) is 10.00 Å². The van der Waals surface area contributed by atoms with Gasteiger partial charge in [-0.25, -0.2) is 0 Å². The van der Waals surface area contributed by atoms with Crippen molar-refractivity contribution >= 4 is 16.6 Å². The first-order valence-electron chi connectivity index (χ1n) is 7.34. The van der Waals surface area contributed by atoms with Crippen molar-refractivity contribution in [1.29, 1.82) is 5.26 Å². The molecular weight excluding hydrogens is 319 g/mol. The Hall–Kier alpha value is -2.39. The molecule has 0 aliphatic carbocycles. The summed E-state index contributed by atoms with van der Waals surface area (Å²) in [6, 6.07) is 13.8. The first kappa shape index (κ1) is 18.0. The SMILES string of the molecule is COC(C(=O)CC#N)C(Cc1cccc2ccccc12)C(F)(F)F. The molecule has 0 heterocycles. The molecule has 0 saturated carbocycles. The van der Waals surface area contributed by atoms with E-state index in [1.165, 1.54) is 0 Å². The Balaban J connectivity index is 2.42. The Bertz CT molecular complexity index is 759. The minimum absolute atomic E-state index is 0.388. The molecule has 6 heteroatoms. The molecule has 0 aliphatic heterocycles. The van der Waals surface area contributed by atoms with Crippen LogP contribution in [0.15, 0.2) is 42.5 Å². The highest BCUT2D eigenvalue weighted by Crippen LogP contribution is 2.35. The minimum Gasteiger partial charge on any atom is -0.373 e. The van der Waals surface area contributed by atoms with E-state index in [9.17, 15) is 18.0 Å². The number of alkyl halides is 3. The van der Waals surface area contributed by atoms with Crippen LogP contribution in [0.4, 0.5) is 13.2 Å². The summed E-state index contributed by atoms with van der Waals surface area (Å²) >= 11 is 0. The minimum atomic E-state index is -4.62. The Labute approximate surface area is 137 Å². The number of carbonyl (C=O) groups excluding carboxylic acids is 1. The van der Waals surface area contributed by atoms with Crippen molar-refractivity contribution in [3.8, 4) is 6.07 Å². The fourth-order valence-electron chi connectivity index (χ4n) is 2.80. The third-order valence-corrected chi connectivity index (χ3v) is 3.93. The van der Waals surface area contributed by atoms with Crippen LogP contribution < -0.4 is 0 Å². The Morgan fingerprint density at radius 2 is 1.88 bits per heavy atom. The van der Waals surface area contributed by atoms with Gasteiger partial charge in [0.2, 0.25) is 0 Å². The lowest BCUT2D eigenvalue weighted by atomic mass is 9.88. The van der Waals surface area contributed by atoms with Crippen LogP contribution in [-0.2, 0) is 16.0 Å². The van der Waals surface area contributed by atoms with E-state index in [2.05, 4.69) is 0 Å². The van der Waals surface area contributed by atoms with E-state index in [1.54, 1.807) is 30.3 Å². The largest absolute Gasteiger partial charge is 0.395 e. The van der Waals surface area contributed by atoms with Gasteiger partial charge in [0.25, 0.3) is 0 Å². The number of nitrogens with zero attached hydrogens (tertiary/aromatic N) is 1. The summed E-state index contributed by atoms with van der Waals surface area (Å²) in [6.45, 7) is 0. The third kappa shape index (κ3) is 3.92. The van der Waals surface area contributed by atoms with Crippen molar-refractivity contribution in [1.82, 2.24) is 0 Å². The van der Waals surface area contributed by atoms with Crippen molar-refractivity contribution in [2.24, 2.45) is 5.92 Å². The van der Waals surface area contributed by atoms with Gasteiger partial charge in [-0.05, 0) is 22.8 Å². The number of benzene rings is 2. The molecule has 0 fully saturated rings.